The maximum atomic E-state index is 14.4. The van der Waals surface area contributed by atoms with Crippen LogP contribution in [0.3, 0.4) is 0 Å². The van der Waals surface area contributed by atoms with Gasteiger partial charge in [-0.15, -0.1) is 0 Å². The molecule has 7 heteroatoms. The number of hydrogen-bond acceptors (Lipinski definition) is 3. The molecule has 0 fully saturated rings. The van der Waals surface area contributed by atoms with Gasteiger partial charge in [0.15, 0.2) is 5.78 Å². The first-order valence-electron chi connectivity index (χ1n) is 10.6. The molecule has 0 spiro atoms. The van der Waals surface area contributed by atoms with E-state index >= 15 is 0 Å². The highest BCUT2D eigenvalue weighted by molar-refractivity contribution is 6.40. The van der Waals surface area contributed by atoms with Gasteiger partial charge < -0.3 is 0 Å². The number of ketones is 1. The predicted octanol–water partition coefficient (Wildman–Crippen LogP) is 6.34. The molecule has 3 rings (SSSR count). The Kier molecular flexibility index (Phi) is 7.46. The van der Waals surface area contributed by atoms with Crippen molar-refractivity contribution in [3.05, 3.63) is 71.0 Å². The molecule has 0 saturated heterocycles. The van der Waals surface area contributed by atoms with E-state index in [2.05, 4.69) is 12.0 Å². The highest BCUT2D eigenvalue weighted by Gasteiger charge is 2.33. The van der Waals surface area contributed by atoms with Crippen molar-refractivity contribution in [1.82, 2.24) is 5.01 Å². The van der Waals surface area contributed by atoms with Crippen LogP contribution in [0.4, 0.5) is 17.6 Å². The van der Waals surface area contributed by atoms with Gasteiger partial charge in [0.1, 0.15) is 11.5 Å². The van der Waals surface area contributed by atoms with E-state index in [-0.39, 0.29) is 30.5 Å². The van der Waals surface area contributed by atoms with Crippen LogP contribution in [-0.2, 0) is 17.4 Å². The number of Topliss-reactive ketones (excluding diaryl/α,β-unsaturated/α-hetero) is 1. The van der Waals surface area contributed by atoms with E-state index < -0.39 is 11.7 Å². The molecule has 1 atom stereocenters. The van der Waals surface area contributed by atoms with Gasteiger partial charge in [0.2, 0.25) is 0 Å². The fourth-order valence-electron chi connectivity index (χ4n) is 3.77. The van der Waals surface area contributed by atoms with E-state index in [4.69, 9.17) is 0 Å². The number of aryl methyl sites for hydroxylation is 1. The lowest BCUT2D eigenvalue weighted by molar-refractivity contribution is -0.137. The van der Waals surface area contributed by atoms with Crippen LogP contribution in [0.1, 0.15) is 61.8 Å². The Morgan fingerprint density at radius 1 is 1.13 bits per heavy atom. The zero-order valence-electron chi connectivity index (χ0n) is 17.5. The molecule has 0 amide bonds. The fraction of sp³-hybridized carbons (Fsp3) is 0.417. The van der Waals surface area contributed by atoms with Gasteiger partial charge >= 0.3 is 6.18 Å². The zero-order valence-corrected chi connectivity index (χ0v) is 17.5. The largest absolute Gasteiger partial charge is 0.416 e. The molecule has 3 nitrogen and oxygen atoms in total. The van der Waals surface area contributed by atoms with E-state index in [9.17, 15) is 22.4 Å². The van der Waals surface area contributed by atoms with Crippen molar-refractivity contribution in [3.63, 3.8) is 0 Å². The monoisotopic (exact) mass is 434 g/mol. The third-order valence-electron chi connectivity index (χ3n) is 5.47. The molecule has 1 aliphatic heterocycles. The third-order valence-corrected chi connectivity index (χ3v) is 5.47. The van der Waals surface area contributed by atoms with Gasteiger partial charge in [-0.25, -0.2) is 4.39 Å². The first kappa shape index (κ1) is 23.0. The summed E-state index contributed by atoms with van der Waals surface area (Å²) < 4.78 is 53.1. The molecule has 0 aliphatic carbocycles. The SMILES string of the molecule is CCCCCN1N=C(C(=O)CCc2cccc(C(F)(F)F)c2)CC1c1ccccc1F. The molecule has 2 aromatic carbocycles. The maximum Gasteiger partial charge on any atom is 0.416 e. The van der Waals surface area contributed by atoms with Gasteiger partial charge in [-0.2, -0.15) is 18.3 Å². The lowest BCUT2D eigenvalue weighted by Gasteiger charge is -2.24. The number of nitrogens with zero attached hydrogens (tertiary/aromatic N) is 2. The van der Waals surface area contributed by atoms with Crippen molar-refractivity contribution in [3.8, 4) is 0 Å². The molecule has 1 aliphatic rings. The molecule has 1 heterocycles. The average Bonchev–Trinajstić information content (AvgIpc) is 3.16. The van der Waals surface area contributed by atoms with Gasteiger partial charge in [0.05, 0.1) is 11.6 Å². The van der Waals surface area contributed by atoms with Gasteiger partial charge in [0, 0.05) is 24.9 Å². The summed E-state index contributed by atoms with van der Waals surface area (Å²) in [5.74, 6) is -0.544. The van der Waals surface area contributed by atoms with Crippen LogP contribution in [0, 0.1) is 5.82 Å². The van der Waals surface area contributed by atoms with Crippen LogP contribution in [0.15, 0.2) is 53.6 Å². The summed E-state index contributed by atoms with van der Waals surface area (Å²) in [7, 11) is 0. The second-order valence-corrected chi connectivity index (χ2v) is 7.78. The second kappa shape index (κ2) is 10.1. The van der Waals surface area contributed by atoms with Crippen LogP contribution in [-0.4, -0.2) is 23.0 Å². The number of rotatable bonds is 9. The molecule has 0 radical (unpaired) electrons. The highest BCUT2D eigenvalue weighted by Crippen LogP contribution is 2.33. The van der Waals surface area contributed by atoms with Gasteiger partial charge in [-0.1, -0.05) is 56.2 Å². The predicted molar refractivity (Wildman–Crippen MR) is 112 cm³/mol. The number of hydrogen-bond donors (Lipinski definition) is 0. The summed E-state index contributed by atoms with van der Waals surface area (Å²) in [5.41, 5.74) is 0.588. The van der Waals surface area contributed by atoms with Crippen LogP contribution in [0.5, 0.6) is 0 Å². The van der Waals surface area contributed by atoms with Gasteiger partial charge in [0.25, 0.3) is 0 Å². The van der Waals surface area contributed by atoms with E-state index in [1.165, 1.54) is 12.1 Å². The van der Waals surface area contributed by atoms with Crippen molar-refractivity contribution >= 4 is 11.5 Å². The van der Waals surface area contributed by atoms with E-state index in [0.717, 1.165) is 31.4 Å². The Bertz CT molecular complexity index is 939. The normalized spacial score (nSPS) is 16.5. The van der Waals surface area contributed by atoms with Crippen molar-refractivity contribution in [2.75, 3.05) is 6.54 Å². The van der Waals surface area contributed by atoms with Crippen molar-refractivity contribution < 1.29 is 22.4 Å². The zero-order chi connectivity index (χ0) is 22.4. The Morgan fingerprint density at radius 3 is 2.61 bits per heavy atom. The Hall–Kier alpha value is -2.70. The van der Waals surface area contributed by atoms with Crippen molar-refractivity contribution in [2.24, 2.45) is 5.10 Å². The molecular formula is C24H26F4N2O. The summed E-state index contributed by atoms with van der Waals surface area (Å²) in [6.07, 6.45) is -0.929. The van der Waals surface area contributed by atoms with Crippen molar-refractivity contribution in [1.29, 1.82) is 0 Å². The lowest BCUT2D eigenvalue weighted by atomic mass is 9.97. The van der Waals surface area contributed by atoms with Gasteiger partial charge in [-0.3, -0.25) is 9.80 Å². The van der Waals surface area contributed by atoms with Crippen molar-refractivity contribution in [2.45, 2.75) is 57.7 Å². The lowest BCUT2D eigenvalue weighted by Crippen LogP contribution is -2.21. The number of carbonyl (C=O) groups excluding carboxylic acids is 1. The van der Waals surface area contributed by atoms with E-state index in [0.29, 0.717) is 29.8 Å². The maximum absolute atomic E-state index is 14.4. The molecule has 0 aromatic heterocycles. The molecule has 0 bridgehead atoms. The van der Waals surface area contributed by atoms with Crippen LogP contribution >= 0.6 is 0 Å². The minimum Gasteiger partial charge on any atom is -0.293 e. The number of alkyl halides is 3. The van der Waals surface area contributed by atoms with E-state index in [1.54, 1.807) is 29.3 Å². The smallest absolute Gasteiger partial charge is 0.293 e. The molecule has 166 valence electrons. The first-order valence-corrected chi connectivity index (χ1v) is 10.6. The number of hydrazone groups is 1. The van der Waals surface area contributed by atoms with Crippen LogP contribution in [0.2, 0.25) is 0 Å². The first-order chi connectivity index (χ1) is 14.8. The Labute approximate surface area is 179 Å². The number of benzene rings is 2. The average molecular weight is 434 g/mol. The molecule has 0 saturated carbocycles. The minimum absolute atomic E-state index is 0.0624. The number of carbonyl (C=O) groups is 1. The molecular weight excluding hydrogens is 408 g/mol. The topological polar surface area (TPSA) is 32.7 Å². The molecule has 0 N–H and O–H groups in total. The molecule has 1 unspecified atom stereocenters. The van der Waals surface area contributed by atoms with E-state index in [1.807, 2.05) is 0 Å². The molecule has 2 aromatic rings. The van der Waals surface area contributed by atoms with Crippen LogP contribution in [0.25, 0.3) is 0 Å². The van der Waals surface area contributed by atoms with Crippen LogP contribution < -0.4 is 0 Å². The number of unbranched alkanes of at least 4 members (excludes halogenated alkanes) is 2. The standard InChI is InChI=1S/C24H26F4N2O/c1-2-3-6-14-30-22(19-10-4-5-11-20(19)25)16-21(29-30)23(31)13-12-17-8-7-9-18(15-17)24(26,27)28/h4-5,7-11,15,22H,2-3,6,12-14,16H2,1H3. The summed E-state index contributed by atoms with van der Waals surface area (Å²) in [5, 5.41) is 6.26. The Morgan fingerprint density at radius 2 is 1.90 bits per heavy atom. The quantitative estimate of drug-likeness (QED) is 0.341. The summed E-state index contributed by atoms with van der Waals surface area (Å²) in [6, 6.07) is 11.2. The fourth-order valence-corrected chi connectivity index (χ4v) is 3.77. The second-order valence-electron chi connectivity index (χ2n) is 7.78. The molecule has 31 heavy (non-hydrogen) atoms. The highest BCUT2D eigenvalue weighted by atomic mass is 19.4. The number of halogens is 4. The minimum atomic E-state index is -4.42. The summed E-state index contributed by atoms with van der Waals surface area (Å²) in [4.78, 5) is 12.8. The van der Waals surface area contributed by atoms with Gasteiger partial charge in [-0.05, 0) is 30.5 Å². The third kappa shape index (κ3) is 5.93. The summed E-state index contributed by atoms with van der Waals surface area (Å²) >= 11 is 0. The summed E-state index contributed by atoms with van der Waals surface area (Å²) in [6.45, 7) is 2.71. The Balaban J connectivity index is 1.70.